The second-order valence-electron chi connectivity index (χ2n) is 7.97. The lowest BCUT2D eigenvalue weighted by Crippen LogP contribution is -2.48. The minimum absolute atomic E-state index is 0.156. The Bertz CT molecular complexity index is 1330. The van der Waals surface area contributed by atoms with Crippen LogP contribution in [0.25, 0.3) is 16.7 Å². The van der Waals surface area contributed by atoms with Crippen molar-refractivity contribution >= 4 is 39.4 Å². The molecule has 4 heterocycles. The van der Waals surface area contributed by atoms with E-state index in [9.17, 15) is 14.3 Å². The summed E-state index contributed by atoms with van der Waals surface area (Å²) >= 11 is 2.26. The highest BCUT2D eigenvalue weighted by Crippen LogP contribution is 2.29. The third-order valence-electron chi connectivity index (χ3n) is 5.82. The van der Waals surface area contributed by atoms with Gasteiger partial charge in [0.15, 0.2) is 5.65 Å². The topological polar surface area (TPSA) is 89.1 Å². The van der Waals surface area contributed by atoms with Crippen LogP contribution in [0.3, 0.4) is 0 Å². The molecule has 0 aliphatic carbocycles. The maximum absolute atomic E-state index is 13.2. The number of anilines is 1. The Morgan fingerprint density at radius 1 is 1.12 bits per heavy atom. The maximum atomic E-state index is 13.2. The van der Waals surface area contributed by atoms with Crippen molar-refractivity contribution in [3.05, 3.63) is 74.9 Å². The molecule has 1 N–H and O–H groups in total. The van der Waals surface area contributed by atoms with Gasteiger partial charge in [0.05, 0.1) is 27.6 Å². The summed E-state index contributed by atoms with van der Waals surface area (Å²) < 4.78 is 17.2. The van der Waals surface area contributed by atoms with Gasteiger partial charge in [0.1, 0.15) is 23.3 Å². The molecule has 0 bridgehead atoms. The van der Waals surface area contributed by atoms with Crippen LogP contribution in [-0.2, 0) is 6.54 Å². The van der Waals surface area contributed by atoms with Crippen molar-refractivity contribution in [2.24, 2.45) is 0 Å². The average Bonchev–Trinajstić information content (AvgIpc) is 3.22. The predicted molar refractivity (Wildman–Crippen MR) is 126 cm³/mol. The maximum Gasteiger partial charge on any atom is 0.264 e. The first-order valence-electron chi connectivity index (χ1n) is 10.2. The van der Waals surface area contributed by atoms with Gasteiger partial charge >= 0.3 is 0 Å². The van der Waals surface area contributed by atoms with E-state index in [1.165, 1.54) is 33.9 Å². The highest BCUT2D eigenvalue weighted by molar-refractivity contribution is 14.1. The summed E-state index contributed by atoms with van der Waals surface area (Å²) in [6.45, 7) is 1.45. The molecule has 1 saturated heterocycles. The van der Waals surface area contributed by atoms with Crippen LogP contribution < -0.4 is 10.5 Å². The standard InChI is InChI=1S/C22H20FIN6O2/c23-15-3-5-16(6-4-15)30-19-17(12-27-30)21(31)29(14-26-19)13-22(32)7-10-28(11-8-22)20-18(24)2-1-9-25-20/h1-6,9,12,14,32H,7-8,10-11,13H2. The van der Waals surface area contributed by atoms with E-state index < -0.39 is 5.60 Å². The molecular weight excluding hydrogens is 526 g/mol. The average molecular weight is 546 g/mol. The predicted octanol–water partition coefficient (Wildman–Crippen LogP) is 2.75. The Labute approximate surface area is 196 Å². The van der Waals surface area contributed by atoms with E-state index >= 15 is 0 Å². The lowest BCUT2D eigenvalue weighted by atomic mass is 9.91. The normalized spacial score (nSPS) is 15.9. The largest absolute Gasteiger partial charge is 0.388 e. The number of nitrogens with zero attached hydrogens (tertiary/aromatic N) is 6. The van der Waals surface area contributed by atoms with Crippen LogP contribution in [0.1, 0.15) is 12.8 Å². The minimum atomic E-state index is -1.01. The number of rotatable bonds is 4. The van der Waals surface area contributed by atoms with Crippen LogP contribution in [0.2, 0.25) is 0 Å². The Morgan fingerprint density at radius 2 is 1.88 bits per heavy atom. The minimum Gasteiger partial charge on any atom is -0.388 e. The number of piperidine rings is 1. The number of aliphatic hydroxyl groups is 1. The van der Waals surface area contributed by atoms with E-state index in [-0.39, 0.29) is 17.9 Å². The van der Waals surface area contributed by atoms with Gasteiger partial charge in [-0.05, 0) is 71.8 Å². The molecule has 0 saturated carbocycles. The third kappa shape index (κ3) is 3.88. The lowest BCUT2D eigenvalue weighted by Gasteiger charge is -2.39. The van der Waals surface area contributed by atoms with Crippen molar-refractivity contribution < 1.29 is 9.50 Å². The summed E-state index contributed by atoms with van der Waals surface area (Å²) in [4.78, 5) is 24.1. The number of halogens is 2. The van der Waals surface area contributed by atoms with Gasteiger partial charge in [-0.1, -0.05) is 0 Å². The summed E-state index contributed by atoms with van der Waals surface area (Å²) in [5.41, 5.74) is -0.271. The van der Waals surface area contributed by atoms with Crippen LogP contribution in [0.15, 0.2) is 59.9 Å². The molecule has 1 aliphatic heterocycles. The highest BCUT2D eigenvalue weighted by Gasteiger charge is 2.34. The second-order valence-corrected chi connectivity index (χ2v) is 9.13. The third-order valence-corrected chi connectivity index (χ3v) is 6.67. The molecular formula is C22H20FIN6O2. The molecule has 8 nitrogen and oxygen atoms in total. The molecule has 0 amide bonds. The van der Waals surface area contributed by atoms with E-state index in [4.69, 9.17) is 0 Å². The van der Waals surface area contributed by atoms with Gasteiger partial charge in [-0.25, -0.2) is 19.0 Å². The van der Waals surface area contributed by atoms with Gasteiger partial charge in [-0.2, -0.15) is 5.10 Å². The number of pyridine rings is 1. The van der Waals surface area contributed by atoms with E-state index in [1.807, 2.05) is 12.1 Å². The molecule has 164 valence electrons. The van der Waals surface area contributed by atoms with Crippen molar-refractivity contribution in [3.8, 4) is 5.69 Å². The first-order chi connectivity index (χ1) is 15.4. The van der Waals surface area contributed by atoms with Crippen molar-refractivity contribution in [2.45, 2.75) is 25.0 Å². The molecule has 0 unspecified atom stereocenters. The summed E-state index contributed by atoms with van der Waals surface area (Å²) in [5, 5.41) is 15.8. The molecule has 32 heavy (non-hydrogen) atoms. The monoisotopic (exact) mass is 546 g/mol. The molecule has 0 spiro atoms. The summed E-state index contributed by atoms with van der Waals surface area (Å²) in [7, 11) is 0. The lowest BCUT2D eigenvalue weighted by molar-refractivity contribution is -0.00114. The Morgan fingerprint density at radius 3 is 2.59 bits per heavy atom. The van der Waals surface area contributed by atoms with E-state index in [2.05, 4.69) is 42.6 Å². The Kier molecular flexibility index (Phi) is 5.41. The highest BCUT2D eigenvalue weighted by atomic mass is 127. The molecule has 1 aromatic carbocycles. The molecule has 1 aliphatic rings. The Hall–Kier alpha value is -2.86. The Balaban J connectivity index is 1.37. The molecule has 1 fully saturated rings. The van der Waals surface area contributed by atoms with Crippen molar-refractivity contribution in [1.29, 1.82) is 0 Å². The zero-order chi connectivity index (χ0) is 22.3. The second kappa shape index (κ2) is 8.24. The molecule has 5 rings (SSSR count). The van der Waals surface area contributed by atoms with Crippen LogP contribution in [0.5, 0.6) is 0 Å². The SMILES string of the molecule is O=c1c2cnn(-c3ccc(F)cc3)c2ncn1CC1(O)CCN(c2ncccc2I)CC1. The molecule has 0 radical (unpaired) electrons. The fourth-order valence-corrected chi connectivity index (χ4v) is 4.74. The van der Waals surface area contributed by atoms with Crippen molar-refractivity contribution in [2.75, 3.05) is 18.0 Å². The van der Waals surface area contributed by atoms with Crippen LogP contribution in [-0.4, -0.2) is 48.1 Å². The molecule has 3 aromatic heterocycles. The van der Waals surface area contributed by atoms with Crippen molar-refractivity contribution in [3.63, 3.8) is 0 Å². The van der Waals surface area contributed by atoms with E-state index in [1.54, 1.807) is 18.3 Å². The van der Waals surface area contributed by atoms with Gasteiger partial charge in [0.2, 0.25) is 0 Å². The smallest absolute Gasteiger partial charge is 0.264 e. The fourth-order valence-electron chi connectivity index (χ4n) is 4.05. The quantitative estimate of drug-likeness (QED) is 0.397. The number of hydrogen-bond donors (Lipinski definition) is 1. The van der Waals surface area contributed by atoms with E-state index in [0.717, 1.165) is 9.39 Å². The summed E-state index contributed by atoms with van der Waals surface area (Å²) in [5.74, 6) is 0.571. The number of hydrogen-bond acceptors (Lipinski definition) is 6. The molecule has 4 aromatic rings. The van der Waals surface area contributed by atoms with Gasteiger partial charge in [0, 0.05) is 19.3 Å². The molecule has 0 atom stereocenters. The number of benzene rings is 1. The molecule has 10 heteroatoms. The zero-order valence-corrected chi connectivity index (χ0v) is 19.2. The van der Waals surface area contributed by atoms with Gasteiger partial charge in [-0.15, -0.1) is 0 Å². The van der Waals surface area contributed by atoms with Crippen LogP contribution in [0, 0.1) is 9.39 Å². The summed E-state index contributed by atoms with van der Waals surface area (Å²) in [6.07, 6.45) is 5.70. The van der Waals surface area contributed by atoms with Gasteiger partial charge < -0.3 is 10.0 Å². The van der Waals surface area contributed by atoms with E-state index in [0.29, 0.717) is 42.7 Å². The first kappa shape index (κ1) is 21.0. The number of aromatic nitrogens is 5. The first-order valence-corrected chi connectivity index (χ1v) is 11.3. The zero-order valence-electron chi connectivity index (χ0n) is 17.0. The van der Waals surface area contributed by atoms with Crippen LogP contribution >= 0.6 is 22.6 Å². The van der Waals surface area contributed by atoms with Crippen LogP contribution in [0.4, 0.5) is 10.2 Å². The van der Waals surface area contributed by atoms with Gasteiger partial charge in [0.25, 0.3) is 5.56 Å². The van der Waals surface area contributed by atoms with Gasteiger partial charge in [-0.3, -0.25) is 9.36 Å². The summed E-state index contributed by atoms with van der Waals surface area (Å²) in [6, 6.07) is 9.73. The van der Waals surface area contributed by atoms with Crippen molar-refractivity contribution in [1.82, 2.24) is 24.3 Å². The number of fused-ring (bicyclic) bond motifs is 1. The fraction of sp³-hybridized carbons (Fsp3) is 0.273.